The molecule has 16 heteroatoms. The number of benzene rings is 2. The van der Waals surface area contributed by atoms with Crippen LogP contribution in [0.2, 0.25) is 0 Å². The number of ether oxygens (including phenoxy) is 1. The molecule has 3 amide bonds. The molecule has 3 fully saturated rings. The Morgan fingerprint density at radius 2 is 1.82 bits per heavy atom. The summed E-state index contributed by atoms with van der Waals surface area (Å²) in [4.78, 5) is 61.4. The number of rotatable bonds is 11. The van der Waals surface area contributed by atoms with Gasteiger partial charge in [0.15, 0.2) is 0 Å². The van der Waals surface area contributed by atoms with Gasteiger partial charge in [-0.3, -0.25) is 29.1 Å². The molecular weight excluding hydrogens is 727 g/mol. The average molecular weight is 776 g/mol. The third-order valence-corrected chi connectivity index (χ3v) is 10.3. The molecular formula is C40H48F3N9O4. The molecule has 2 atom stereocenters. The van der Waals surface area contributed by atoms with Crippen LogP contribution in [0.4, 0.5) is 18.9 Å². The van der Waals surface area contributed by atoms with Crippen LogP contribution in [0.25, 0.3) is 0 Å². The van der Waals surface area contributed by atoms with Crippen LogP contribution in [0.5, 0.6) is 0 Å². The van der Waals surface area contributed by atoms with Crippen LogP contribution < -0.4 is 11.1 Å². The molecule has 3 aliphatic rings. The lowest BCUT2D eigenvalue weighted by atomic mass is 9.79. The molecule has 0 unspecified atom stereocenters. The third-order valence-electron chi connectivity index (χ3n) is 10.3. The van der Waals surface area contributed by atoms with Crippen molar-refractivity contribution < 1.29 is 33.7 Å². The lowest BCUT2D eigenvalue weighted by Gasteiger charge is -2.42. The van der Waals surface area contributed by atoms with Crippen LogP contribution in [0.15, 0.2) is 95.3 Å². The first-order valence-corrected chi connectivity index (χ1v) is 18.5. The lowest BCUT2D eigenvalue weighted by molar-refractivity contribution is -0.141. The van der Waals surface area contributed by atoms with E-state index in [4.69, 9.17) is 15.5 Å². The largest absolute Gasteiger partial charge is 0.433 e. The number of piperidine rings is 1. The quantitative estimate of drug-likeness (QED) is 0.276. The van der Waals surface area contributed by atoms with E-state index in [0.29, 0.717) is 41.1 Å². The van der Waals surface area contributed by atoms with E-state index < -0.39 is 41.5 Å². The van der Waals surface area contributed by atoms with Crippen molar-refractivity contribution in [3.8, 4) is 0 Å². The number of nitrogens with two attached hydrogens (primary N) is 1. The average Bonchev–Trinajstić information content (AvgIpc) is 3.17. The van der Waals surface area contributed by atoms with Crippen LogP contribution in [0, 0.1) is 0 Å². The summed E-state index contributed by atoms with van der Waals surface area (Å²) < 4.78 is 45.8. The lowest BCUT2D eigenvalue weighted by Crippen LogP contribution is -2.59. The number of carbonyl (C=O) groups is 3. The highest BCUT2D eigenvalue weighted by Gasteiger charge is 2.45. The van der Waals surface area contributed by atoms with E-state index in [2.05, 4.69) is 25.1 Å². The van der Waals surface area contributed by atoms with Crippen LogP contribution in [-0.4, -0.2) is 125 Å². The van der Waals surface area contributed by atoms with Crippen LogP contribution >= 0.6 is 0 Å². The molecule has 0 radical (unpaired) electrons. The highest BCUT2D eigenvalue weighted by atomic mass is 19.4. The molecule has 0 bridgehead atoms. The van der Waals surface area contributed by atoms with Gasteiger partial charge in [-0.15, -0.1) is 0 Å². The van der Waals surface area contributed by atoms with Crippen molar-refractivity contribution in [1.29, 1.82) is 0 Å². The molecule has 3 N–H and O–H groups in total. The van der Waals surface area contributed by atoms with Gasteiger partial charge in [0.25, 0.3) is 17.7 Å². The molecule has 4 heterocycles. The number of aliphatic imine (C=N–C) groups is 1. The molecule has 0 aliphatic carbocycles. The topological polar surface area (TPSA) is 150 Å². The summed E-state index contributed by atoms with van der Waals surface area (Å²) in [5.74, 6) is -3.19. The number of amidine groups is 1. The first kappa shape index (κ1) is 40.2. The summed E-state index contributed by atoms with van der Waals surface area (Å²) in [6.07, 6.45) is -0.808. The second kappa shape index (κ2) is 17.6. The molecule has 56 heavy (non-hydrogen) atoms. The molecule has 2 aromatic carbocycles. The number of hydrogen-bond donors (Lipinski definition) is 2. The van der Waals surface area contributed by atoms with Crippen molar-refractivity contribution in [3.05, 3.63) is 113 Å². The van der Waals surface area contributed by atoms with Crippen LogP contribution in [-0.2, 0) is 27.0 Å². The fourth-order valence-electron chi connectivity index (χ4n) is 7.19. The van der Waals surface area contributed by atoms with Gasteiger partial charge in [-0.2, -0.15) is 13.2 Å². The highest BCUT2D eigenvalue weighted by molar-refractivity contribution is 6.15. The number of nitrogens with zero attached hydrogens (tertiary/aromatic N) is 7. The molecule has 0 saturated carbocycles. The number of likely N-dealkylation sites (tertiary alicyclic amines) is 1. The predicted molar refractivity (Wildman–Crippen MR) is 206 cm³/mol. The Morgan fingerprint density at radius 1 is 1.09 bits per heavy atom. The predicted octanol–water partition coefficient (Wildman–Crippen LogP) is 3.98. The molecule has 3 aromatic rings. The number of allylic oxidation sites excluding steroid dienone is 1. The fourth-order valence-corrected chi connectivity index (χ4v) is 7.19. The van der Waals surface area contributed by atoms with E-state index in [1.54, 1.807) is 55.3 Å². The van der Waals surface area contributed by atoms with Gasteiger partial charge in [-0.25, -0.2) is 15.0 Å². The number of carbonyl (C=O) groups excluding carboxylic acids is 3. The smallest absolute Gasteiger partial charge is 0.404 e. The summed E-state index contributed by atoms with van der Waals surface area (Å²) in [7, 11) is 1.73. The number of para-hydroxylation sites is 1. The Bertz CT molecular complexity index is 2000. The summed E-state index contributed by atoms with van der Waals surface area (Å²) in [5.41, 5.74) is 7.93. The second-order valence-electron chi connectivity index (χ2n) is 13.9. The number of likely N-dealkylation sites (N-methyl/N-ethyl adjacent to an activating group) is 2. The van der Waals surface area contributed by atoms with E-state index >= 15 is 0 Å². The normalized spacial score (nSPS) is 21.6. The van der Waals surface area contributed by atoms with Gasteiger partial charge in [-0.05, 0) is 43.2 Å². The van der Waals surface area contributed by atoms with Crippen molar-refractivity contribution in [2.45, 2.75) is 44.6 Å². The Hall–Kier alpha value is -5.45. The third kappa shape index (κ3) is 8.98. The molecule has 13 nitrogen and oxygen atoms in total. The molecule has 298 valence electrons. The Morgan fingerprint density at radius 3 is 2.45 bits per heavy atom. The van der Waals surface area contributed by atoms with Gasteiger partial charge in [-0.1, -0.05) is 48.5 Å². The standard InChI is InChI=1S/C40H46F3N9O4.H2/c1-4-27(23-50-16-18-51(19-17-50)30-24-56-25-30)38(54)49(3)22-26-10-9-11-28(20-26)33-31(21-44)36(46-29-12-7-6-8-13-29)52(5-2)39(55)34(33)48-37(53)35-45-15-14-32(47-35)40(41,42)43;/h4,6-15,20-21,30,33-34H,5,16-19,22-25,44H2,1-3H3,(H,48,53);1H/b27-4+,31-21-,46-36?;/t33-,34+;/m1./s1. The Kier molecular flexibility index (Phi) is 12.6. The van der Waals surface area contributed by atoms with Gasteiger partial charge >= 0.3 is 6.18 Å². The molecule has 0 spiro atoms. The minimum absolute atomic E-state index is 0. The minimum Gasteiger partial charge on any atom is -0.404 e. The molecule has 1 aromatic heterocycles. The maximum absolute atomic E-state index is 14.4. The van der Waals surface area contributed by atoms with Crippen molar-refractivity contribution >= 4 is 29.2 Å². The number of alkyl halides is 3. The fraction of sp³-hybridized carbons (Fsp3) is 0.400. The van der Waals surface area contributed by atoms with Crippen molar-refractivity contribution in [3.63, 3.8) is 0 Å². The Labute approximate surface area is 325 Å². The number of halogens is 3. The van der Waals surface area contributed by atoms with E-state index in [0.717, 1.165) is 51.2 Å². The molecule has 3 saturated heterocycles. The number of amides is 3. The summed E-state index contributed by atoms with van der Waals surface area (Å²) in [6.45, 7) is 9.59. The van der Waals surface area contributed by atoms with Gasteiger partial charge < -0.3 is 20.7 Å². The molecule has 6 rings (SSSR count). The maximum atomic E-state index is 14.4. The summed E-state index contributed by atoms with van der Waals surface area (Å²) in [5, 5.41) is 2.62. The van der Waals surface area contributed by atoms with E-state index in [1.165, 1.54) is 11.1 Å². The number of hydrogen-bond acceptors (Lipinski definition) is 10. The summed E-state index contributed by atoms with van der Waals surface area (Å²) >= 11 is 0. The number of nitrogens with one attached hydrogen (secondary N) is 1. The zero-order chi connectivity index (χ0) is 40.0. The first-order chi connectivity index (χ1) is 26.9. The number of piperazine rings is 1. The first-order valence-electron chi connectivity index (χ1n) is 18.5. The minimum atomic E-state index is -4.82. The zero-order valence-electron chi connectivity index (χ0n) is 31.6. The van der Waals surface area contributed by atoms with Gasteiger partial charge in [0.05, 0.1) is 24.9 Å². The van der Waals surface area contributed by atoms with Crippen LogP contribution in [0.3, 0.4) is 0 Å². The van der Waals surface area contributed by atoms with Gasteiger partial charge in [0.2, 0.25) is 5.82 Å². The SMILES string of the molecule is C/C=C(\CN1CCN(C2COC2)CC1)C(=O)N(C)Cc1cccc([C@@H]2/C(=C/N)C(=Nc3ccccc3)N(CC)C(=O)[C@H]2NC(=O)c2nccc(C(F)(F)F)n2)c1.[HH]. The maximum Gasteiger partial charge on any atom is 0.433 e. The van der Waals surface area contributed by atoms with E-state index in [1.807, 2.05) is 31.2 Å². The van der Waals surface area contributed by atoms with Crippen LogP contribution in [0.1, 0.15) is 48.6 Å². The molecule has 3 aliphatic heterocycles. The zero-order valence-corrected chi connectivity index (χ0v) is 31.6. The van der Waals surface area contributed by atoms with Gasteiger partial charge in [0.1, 0.15) is 17.6 Å². The monoisotopic (exact) mass is 775 g/mol. The van der Waals surface area contributed by atoms with E-state index in [9.17, 15) is 27.6 Å². The number of aromatic nitrogens is 2. The van der Waals surface area contributed by atoms with Gasteiger partial charge in [0, 0.05) is 83.7 Å². The van der Waals surface area contributed by atoms with Crippen molar-refractivity contribution in [2.75, 3.05) is 59.5 Å². The van der Waals surface area contributed by atoms with E-state index in [-0.39, 0.29) is 26.3 Å². The van der Waals surface area contributed by atoms with Crippen molar-refractivity contribution in [2.24, 2.45) is 10.7 Å². The summed E-state index contributed by atoms with van der Waals surface area (Å²) in [6, 6.07) is 16.0. The van der Waals surface area contributed by atoms with Crippen molar-refractivity contribution in [1.82, 2.24) is 34.9 Å². The Balaban J connectivity index is 0.00000620. The highest BCUT2D eigenvalue weighted by Crippen LogP contribution is 2.37. The second-order valence-corrected chi connectivity index (χ2v) is 13.9.